The molecule has 4 aliphatic carbocycles. The molecule has 6 N–H and O–H groups in total. The number of ether oxygens (including phenoxy) is 13. The molecule has 4 heterocycles. The van der Waals surface area contributed by atoms with Crippen molar-refractivity contribution in [2.45, 2.75) is 241 Å². The Morgan fingerprint density at radius 1 is 0.654 bits per heavy atom. The van der Waals surface area contributed by atoms with Crippen LogP contribution >= 0.6 is 0 Å². The Morgan fingerprint density at radius 2 is 1.27 bits per heavy atom. The highest BCUT2D eigenvalue weighted by Crippen LogP contribution is 2.70. The Balaban J connectivity index is 0.831. The summed E-state index contributed by atoms with van der Waals surface area (Å²) in [6.07, 6.45) is -12.6. The van der Waals surface area contributed by atoms with Crippen molar-refractivity contribution in [3.8, 4) is 0 Å². The van der Waals surface area contributed by atoms with Crippen LogP contribution in [0, 0.1) is 34.5 Å². The summed E-state index contributed by atoms with van der Waals surface area (Å²) >= 11 is 0. The summed E-state index contributed by atoms with van der Waals surface area (Å²) in [6, 6.07) is 9.39. The Bertz CT molecular complexity index is 2330. The molecule has 22 nitrogen and oxygen atoms in total. The van der Waals surface area contributed by atoms with Crippen molar-refractivity contribution in [2.24, 2.45) is 34.5 Å². The maximum Gasteiger partial charge on any atom is 0.331 e. The van der Waals surface area contributed by atoms with Crippen molar-refractivity contribution >= 4 is 23.8 Å². The van der Waals surface area contributed by atoms with Gasteiger partial charge < -0.3 is 92.2 Å². The molecule has 0 amide bonds. The number of hydrogen-bond acceptors (Lipinski definition) is 22. The number of fused-ring (bicyclic) bond motifs is 5. The van der Waals surface area contributed by atoms with E-state index in [4.69, 9.17) is 61.6 Å². The van der Waals surface area contributed by atoms with Crippen molar-refractivity contribution in [2.75, 3.05) is 27.9 Å². The largest absolute Gasteiger partial charge is 0.458 e. The molecule has 22 heteroatoms. The van der Waals surface area contributed by atoms with Gasteiger partial charge in [0.1, 0.15) is 72.9 Å². The molecule has 4 aliphatic heterocycles. The van der Waals surface area contributed by atoms with E-state index < -0.39 is 170 Å². The number of ketones is 1. The van der Waals surface area contributed by atoms with Crippen molar-refractivity contribution < 1.29 is 107 Å². The van der Waals surface area contributed by atoms with Gasteiger partial charge in [0.05, 0.1) is 48.8 Å². The number of carbonyl (C=O) groups is 3. The van der Waals surface area contributed by atoms with Crippen LogP contribution in [0.4, 0.5) is 0 Å². The molecule has 0 unspecified atom stereocenters. The van der Waals surface area contributed by atoms with Crippen molar-refractivity contribution in [3.05, 3.63) is 42.0 Å². The molecule has 8 aliphatic rings. The van der Waals surface area contributed by atoms with Crippen LogP contribution in [0.2, 0.25) is 0 Å². The Kier molecular flexibility index (Phi) is 19.6. The second-order valence-corrected chi connectivity index (χ2v) is 24.5. The molecule has 81 heavy (non-hydrogen) atoms. The first kappa shape index (κ1) is 62.4. The van der Waals surface area contributed by atoms with Crippen LogP contribution in [0.25, 0.3) is 6.08 Å². The number of methoxy groups -OCH3 is 3. The van der Waals surface area contributed by atoms with Crippen LogP contribution in [0.1, 0.15) is 112 Å². The fraction of sp³-hybridized carbons (Fsp3) is 0.814. The average molecular weight is 1150 g/mol. The van der Waals surface area contributed by atoms with Crippen LogP contribution in [0.3, 0.4) is 0 Å². The monoisotopic (exact) mass is 1150 g/mol. The number of esters is 2. The van der Waals surface area contributed by atoms with E-state index in [1.54, 1.807) is 27.0 Å². The molecule has 4 saturated carbocycles. The van der Waals surface area contributed by atoms with E-state index in [0.29, 0.717) is 44.9 Å². The van der Waals surface area contributed by atoms with Gasteiger partial charge in [-0.2, -0.15) is 0 Å². The van der Waals surface area contributed by atoms with Gasteiger partial charge >= 0.3 is 11.9 Å². The van der Waals surface area contributed by atoms with Gasteiger partial charge in [-0.15, -0.1) is 0 Å². The topological polar surface area (TPSA) is 293 Å². The van der Waals surface area contributed by atoms with Gasteiger partial charge in [-0.1, -0.05) is 44.2 Å². The summed E-state index contributed by atoms with van der Waals surface area (Å²) in [6.45, 7) is 11.6. The quantitative estimate of drug-likeness (QED) is 0.0743. The highest BCUT2D eigenvalue weighted by molar-refractivity contribution is 5.87. The van der Waals surface area contributed by atoms with E-state index in [-0.39, 0.29) is 30.1 Å². The lowest BCUT2D eigenvalue weighted by Gasteiger charge is -2.66. The van der Waals surface area contributed by atoms with Gasteiger partial charge in [-0.25, -0.2) is 4.79 Å². The van der Waals surface area contributed by atoms with Crippen molar-refractivity contribution in [1.82, 2.24) is 0 Å². The van der Waals surface area contributed by atoms with E-state index in [9.17, 15) is 45.0 Å². The number of rotatable bonds is 17. The Hall–Kier alpha value is -3.11. The van der Waals surface area contributed by atoms with Gasteiger partial charge in [0.25, 0.3) is 0 Å². The normalized spacial score (nSPS) is 48.1. The van der Waals surface area contributed by atoms with Gasteiger partial charge in [0.2, 0.25) is 0 Å². The Labute approximate surface area is 474 Å². The van der Waals surface area contributed by atoms with Crippen LogP contribution in [0.15, 0.2) is 36.4 Å². The molecule has 1 aromatic rings. The predicted octanol–water partition coefficient (Wildman–Crippen LogP) is 2.89. The standard InChI is InChI=1S/C59H88O22/c1-28(61)36-21-23-59(68)37-18-17-34-24-35(20-22-57(34,6)44(37)52(54(58(36,59)7)75-32(5)62)78-41(63)19-16-33-14-12-11-13-15-33)76-42-25-38(69-8)49(29(2)72-42)79-43-26-39(70-9)50(30(3)73-43)80-56-48(67)53(71-10)51(31(4)74-56)81-55-47(66)46(65)45(64)40(27-60)77-55/h11-16,19,29-31,34-40,42-56,60,64-68H,17-18,20-27H2,1-10H3/b19-16+/t29-,30-,31-,34+,35+,36-,37-,38+,39-,40-,42+,43+,44-,45-,46+,47-,48-,49-,50-,51-,52+,53+,54-,55+,56+,57+,58-,59+/m1/s1. The fourth-order valence-corrected chi connectivity index (χ4v) is 15.8. The maximum atomic E-state index is 14.0. The number of carbonyl (C=O) groups excluding carboxylic acids is 3. The molecular formula is C59H88O22. The third-order valence-corrected chi connectivity index (χ3v) is 20.0. The summed E-state index contributed by atoms with van der Waals surface area (Å²) in [5.74, 6) is -2.57. The maximum absolute atomic E-state index is 14.0. The van der Waals surface area contributed by atoms with Gasteiger partial charge in [-0.05, 0) is 102 Å². The molecule has 28 atom stereocenters. The van der Waals surface area contributed by atoms with Crippen LogP contribution in [-0.4, -0.2) is 211 Å². The van der Waals surface area contributed by atoms with Gasteiger partial charge in [-0.3, -0.25) is 9.59 Å². The number of aliphatic hydroxyl groups is 6. The molecular weight excluding hydrogens is 1060 g/mol. The van der Waals surface area contributed by atoms with Crippen molar-refractivity contribution in [3.63, 3.8) is 0 Å². The molecule has 0 bridgehead atoms. The summed E-state index contributed by atoms with van der Waals surface area (Å²) in [4.78, 5) is 40.5. The lowest BCUT2D eigenvalue weighted by molar-refractivity contribution is -0.373. The molecule has 8 fully saturated rings. The van der Waals surface area contributed by atoms with Crippen LogP contribution in [0.5, 0.6) is 0 Å². The third kappa shape index (κ3) is 12.0. The molecule has 456 valence electrons. The molecule has 1 aromatic carbocycles. The summed E-state index contributed by atoms with van der Waals surface area (Å²) in [5.41, 5.74) is -2.25. The number of benzene rings is 1. The number of hydrogen-bond donors (Lipinski definition) is 6. The summed E-state index contributed by atoms with van der Waals surface area (Å²) in [7, 11) is 4.52. The minimum atomic E-state index is -1.68. The van der Waals surface area contributed by atoms with E-state index >= 15 is 0 Å². The average Bonchev–Trinajstić information content (AvgIpc) is 2.77. The fourth-order valence-electron chi connectivity index (χ4n) is 15.8. The highest BCUT2D eigenvalue weighted by Gasteiger charge is 2.76. The van der Waals surface area contributed by atoms with Crippen LogP contribution < -0.4 is 0 Å². The van der Waals surface area contributed by atoms with E-state index in [1.807, 2.05) is 44.2 Å². The molecule has 0 spiro atoms. The van der Waals surface area contributed by atoms with Gasteiger partial charge in [0, 0.05) is 64.4 Å². The Morgan fingerprint density at radius 3 is 1.89 bits per heavy atom. The number of Topliss-reactive ketones (excluding diaryl/α,β-unsaturated/α-hetero) is 1. The second-order valence-electron chi connectivity index (χ2n) is 24.5. The van der Waals surface area contributed by atoms with E-state index in [2.05, 4.69) is 6.92 Å². The molecule has 4 saturated heterocycles. The zero-order valence-corrected chi connectivity index (χ0v) is 48.3. The zero-order chi connectivity index (χ0) is 58.5. The summed E-state index contributed by atoms with van der Waals surface area (Å²) in [5, 5.41) is 65.6. The van der Waals surface area contributed by atoms with Crippen molar-refractivity contribution in [1.29, 1.82) is 0 Å². The predicted molar refractivity (Wildman–Crippen MR) is 283 cm³/mol. The van der Waals surface area contributed by atoms with E-state index in [0.717, 1.165) is 12.0 Å². The third-order valence-electron chi connectivity index (χ3n) is 20.0. The van der Waals surface area contributed by atoms with Gasteiger partial charge in [0.15, 0.2) is 25.2 Å². The van der Waals surface area contributed by atoms with Crippen LogP contribution in [-0.2, 0) is 76.0 Å². The van der Waals surface area contributed by atoms with E-state index in [1.165, 1.54) is 34.1 Å². The highest BCUT2D eigenvalue weighted by atomic mass is 16.8. The molecule has 0 aromatic heterocycles. The SMILES string of the molecule is CO[C@H]1[C@@H](O)[C@H](O[C@@H]2[C@@H](C)O[C@@H](O[C@H]3[C@@H](OC)C[C@H](O[C@H]4CC[C@@]5(C)[C@@H](CC[C@@H]6[C@@H]5[C@H](OC(=O)/C=C/c5ccccc5)[C@@H](OC(C)=O)[C@@]5(C)[C@@H](C(C)=O)CC[C@]65O)C4)O[C@@H]3C)C[C@H]2OC)O[C@H](C)[C@H]1O[C@@H]1O[C@H](CO)[C@@H](O)[C@H](O)[C@H]1O. The molecule has 9 rings (SSSR count). The lowest BCUT2D eigenvalue weighted by Crippen LogP contribution is -2.73. The first-order valence-corrected chi connectivity index (χ1v) is 29.0. The summed E-state index contributed by atoms with van der Waals surface area (Å²) < 4.78 is 81.1. The lowest BCUT2D eigenvalue weighted by atomic mass is 9.41. The molecule has 0 radical (unpaired) electrons. The second kappa shape index (κ2) is 25.5. The zero-order valence-electron chi connectivity index (χ0n) is 48.3. The minimum absolute atomic E-state index is 0.0746. The smallest absolute Gasteiger partial charge is 0.331 e. The minimum Gasteiger partial charge on any atom is -0.458 e. The first-order chi connectivity index (χ1) is 38.5. The first-order valence-electron chi connectivity index (χ1n) is 29.0. The number of aliphatic hydroxyl groups excluding tert-OH is 5.